The molecule has 0 bridgehead atoms. The molecule has 0 saturated carbocycles. The highest BCUT2D eigenvalue weighted by molar-refractivity contribution is 6.29. The molecular formula is C15H6ClF4N2O2-. The van der Waals surface area contributed by atoms with E-state index in [-0.39, 0.29) is 21.9 Å². The number of carbonyl (C=O) groups excluding carboxylic acids is 1. The van der Waals surface area contributed by atoms with E-state index in [0.717, 1.165) is 0 Å². The van der Waals surface area contributed by atoms with E-state index in [1.54, 1.807) is 0 Å². The van der Waals surface area contributed by atoms with Crippen molar-refractivity contribution < 1.29 is 27.5 Å². The minimum absolute atomic E-state index is 0.0333. The Bertz CT molecular complexity index is 972. The first-order valence-electron chi connectivity index (χ1n) is 6.46. The van der Waals surface area contributed by atoms with Crippen LogP contribution < -0.4 is 5.11 Å². The van der Waals surface area contributed by atoms with E-state index in [4.69, 9.17) is 11.6 Å². The number of carbonyl (C=O) groups is 1. The highest BCUT2D eigenvalue weighted by Gasteiger charge is 2.22. The van der Waals surface area contributed by atoms with Crippen LogP contribution in [-0.4, -0.2) is 15.6 Å². The molecule has 0 aliphatic carbocycles. The lowest BCUT2D eigenvalue weighted by Crippen LogP contribution is -2.29. The monoisotopic (exact) mass is 357 g/mol. The topological polar surface area (TPSA) is 57.9 Å². The molecule has 0 atom stereocenters. The number of hydrogen-bond acceptors (Lipinski definition) is 3. The zero-order valence-electron chi connectivity index (χ0n) is 11.6. The molecule has 0 unspecified atom stereocenters. The minimum atomic E-state index is -3.15. The van der Waals surface area contributed by atoms with Gasteiger partial charge in [-0.2, -0.15) is 0 Å². The third-order valence-corrected chi connectivity index (χ3v) is 3.61. The molecule has 4 nitrogen and oxygen atoms in total. The lowest BCUT2D eigenvalue weighted by atomic mass is 10.0. The fourth-order valence-corrected chi connectivity index (χ4v) is 2.54. The molecule has 0 aliphatic heterocycles. The van der Waals surface area contributed by atoms with Crippen molar-refractivity contribution in [3.05, 3.63) is 52.7 Å². The summed E-state index contributed by atoms with van der Waals surface area (Å²) in [4.78, 5) is 15.2. The first-order chi connectivity index (χ1) is 11.3. The second-order valence-corrected chi connectivity index (χ2v) is 5.22. The first-order valence-corrected chi connectivity index (χ1v) is 6.84. The van der Waals surface area contributed by atoms with E-state index in [2.05, 4.69) is 4.98 Å². The number of pyridine rings is 1. The second kappa shape index (κ2) is 5.79. The summed E-state index contributed by atoms with van der Waals surface area (Å²) < 4.78 is 53.7. The van der Waals surface area contributed by atoms with Crippen molar-refractivity contribution in [2.24, 2.45) is 0 Å². The summed E-state index contributed by atoms with van der Waals surface area (Å²) in [5.74, 6) is -2.86. The molecule has 0 radical (unpaired) electrons. The number of nitrogens with zero attached hydrogens (tertiary/aromatic N) is 2. The number of benzene rings is 1. The van der Waals surface area contributed by atoms with Crippen molar-refractivity contribution >= 4 is 28.7 Å². The van der Waals surface area contributed by atoms with Crippen LogP contribution in [0.1, 0.15) is 12.0 Å². The maximum atomic E-state index is 13.5. The third-order valence-electron chi connectivity index (χ3n) is 3.40. The zero-order chi connectivity index (χ0) is 17.6. The van der Waals surface area contributed by atoms with Crippen molar-refractivity contribution in [1.82, 2.24) is 9.55 Å². The van der Waals surface area contributed by atoms with Gasteiger partial charge in [-0.1, -0.05) is 11.6 Å². The Labute approximate surface area is 136 Å². The van der Waals surface area contributed by atoms with Gasteiger partial charge in [-0.3, -0.25) is 4.57 Å². The fourth-order valence-electron chi connectivity index (χ4n) is 2.40. The Morgan fingerprint density at radius 1 is 1.17 bits per heavy atom. The summed E-state index contributed by atoms with van der Waals surface area (Å²) in [5, 5.41) is 11.6. The van der Waals surface area contributed by atoms with Gasteiger partial charge in [0.25, 0.3) is 6.43 Å². The van der Waals surface area contributed by atoms with Crippen LogP contribution >= 0.6 is 11.6 Å². The standard InChI is InChI=1S/C15H7ClF4N2O2/c16-12-2-1-6-3-11(22(15(23)24)14(6)21-12)7-4-9(17)10(18)5-8(7)13(19)20/h1-5,13H,(H,23,24)/p-1. The van der Waals surface area contributed by atoms with E-state index < -0.39 is 35.3 Å². The number of hydrogen-bond donors (Lipinski definition) is 0. The molecule has 0 aliphatic rings. The second-order valence-electron chi connectivity index (χ2n) is 4.83. The van der Waals surface area contributed by atoms with Gasteiger partial charge in [-0.15, -0.1) is 0 Å². The molecule has 3 aromatic rings. The van der Waals surface area contributed by atoms with Crippen LogP contribution in [0.4, 0.5) is 22.4 Å². The maximum absolute atomic E-state index is 13.5. The SMILES string of the molecule is O=C([O-])n1c(-c2cc(F)c(F)cc2C(F)F)cc2ccc(Cl)nc21. The van der Waals surface area contributed by atoms with Crippen molar-refractivity contribution in [2.45, 2.75) is 6.43 Å². The van der Waals surface area contributed by atoms with E-state index >= 15 is 0 Å². The van der Waals surface area contributed by atoms with Crippen molar-refractivity contribution in [2.75, 3.05) is 0 Å². The average Bonchev–Trinajstić information content (AvgIpc) is 2.87. The molecule has 24 heavy (non-hydrogen) atoms. The lowest BCUT2D eigenvalue weighted by Gasteiger charge is -2.14. The van der Waals surface area contributed by atoms with Gasteiger partial charge in [-0.05, 0) is 30.3 Å². The van der Waals surface area contributed by atoms with Crippen molar-refractivity contribution in [3.8, 4) is 11.3 Å². The Morgan fingerprint density at radius 2 is 1.83 bits per heavy atom. The summed E-state index contributed by atoms with van der Waals surface area (Å²) in [6.45, 7) is 0. The Hall–Kier alpha value is -2.61. The maximum Gasteiger partial charge on any atom is 0.264 e. The highest BCUT2D eigenvalue weighted by atomic mass is 35.5. The van der Waals surface area contributed by atoms with Gasteiger partial charge in [-0.25, -0.2) is 22.5 Å². The van der Waals surface area contributed by atoms with Gasteiger partial charge in [0.2, 0.25) is 0 Å². The van der Waals surface area contributed by atoms with E-state index in [9.17, 15) is 27.5 Å². The molecule has 0 amide bonds. The fraction of sp³-hybridized carbons (Fsp3) is 0.0667. The first kappa shape index (κ1) is 16.3. The number of fused-ring (bicyclic) bond motifs is 1. The van der Waals surface area contributed by atoms with E-state index in [1.165, 1.54) is 18.2 Å². The quantitative estimate of drug-likeness (QED) is 0.518. The predicted molar refractivity (Wildman–Crippen MR) is 75.8 cm³/mol. The third kappa shape index (κ3) is 2.58. The van der Waals surface area contributed by atoms with Crippen LogP contribution in [0.3, 0.4) is 0 Å². The molecule has 1 aromatic carbocycles. The number of alkyl halides is 2. The van der Waals surface area contributed by atoms with Gasteiger partial charge in [0.05, 0.1) is 5.69 Å². The zero-order valence-corrected chi connectivity index (χ0v) is 12.3. The van der Waals surface area contributed by atoms with Crippen LogP contribution in [0.15, 0.2) is 30.3 Å². The van der Waals surface area contributed by atoms with Crippen LogP contribution in [0.25, 0.3) is 22.3 Å². The Morgan fingerprint density at radius 3 is 2.46 bits per heavy atom. The van der Waals surface area contributed by atoms with Crippen LogP contribution in [0, 0.1) is 11.6 Å². The molecule has 9 heteroatoms. The minimum Gasteiger partial charge on any atom is -0.529 e. The normalized spacial score (nSPS) is 11.4. The van der Waals surface area contributed by atoms with Crippen LogP contribution in [0.5, 0.6) is 0 Å². The number of aromatic nitrogens is 2. The predicted octanol–water partition coefficient (Wildman–Crippen LogP) is 3.76. The summed E-state index contributed by atoms with van der Waals surface area (Å²) in [5.41, 5.74) is -1.83. The molecule has 2 aromatic heterocycles. The van der Waals surface area contributed by atoms with Crippen molar-refractivity contribution in [3.63, 3.8) is 0 Å². The Kier molecular flexibility index (Phi) is 3.92. The summed E-state index contributed by atoms with van der Waals surface area (Å²) >= 11 is 5.71. The molecule has 124 valence electrons. The van der Waals surface area contributed by atoms with Gasteiger partial charge >= 0.3 is 0 Å². The lowest BCUT2D eigenvalue weighted by molar-refractivity contribution is -0.249. The molecule has 2 heterocycles. The largest absolute Gasteiger partial charge is 0.529 e. The summed E-state index contributed by atoms with van der Waals surface area (Å²) in [7, 11) is 0. The van der Waals surface area contributed by atoms with Crippen LogP contribution in [-0.2, 0) is 0 Å². The van der Waals surface area contributed by atoms with E-state index in [0.29, 0.717) is 16.7 Å². The molecule has 3 rings (SSSR count). The molecular weight excluding hydrogens is 352 g/mol. The smallest absolute Gasteiger partial charge is 0.264 e. The molecule has 0 N–H and O–H groups in total. The van der Waals surface area contributed by atoms with Crippen LogP contribution in [0.2, 0.25) is 5.15 Å². The Balaban J connectivity index is 2.40. The summed E-state index contributed by atoms with van der Waals surface area (Å²) in [6.07, 6.45) is -4.93. The average molecular weight is 358 g/mol. The van der Waals surface area contributed by atoms with Gasteiger partial charge in [0.15, 0.2) is 11.6 Å². The van der Waals surface area contributed by atoms with Gasteiger partial charge < -0.3 is 9.90 Å². The number of rotatable bonds is 2. The number of halogens is 5. The molecule has 0 fully saturated rings. The van der Waals surface area contributed by atoms with Gasteiger partial charge in [0, 0.05) is 16.5 Å². The number of carboxylic acid groups (broad SMARTS) is 1. The molecule has 0 saturated heterocycles. The summed E-state index contributed by atoms with van der Waals surface area (Å²) in [6, 6.07) is 4.81. The molecule has 0 spiro atoms. The van der Waals surface area contributed by atoms with E-state index in [1.807, 2.05) is 0 Å². The van der Waals surface area contributed by atoms with Gasteiger partial charge in [0.1, 0.15) is 16.9 Å². The van der Waals surface area contributed by atoms with Crippen molar-refractivity contribution in [1.29, 1.82) is 0 Å². The highest BCUT2D eigenvalue weighted by Crippen LogP contribution is 2.35.